The Hall–Kier alpha value is -0.740. The van der Waals surface area contributed by atoms with Gasteiger partial charge in [0.15, 0.2) is 0 Å². The van der Waals surface area contributed by atoms with E-state index in [1.165, 1.54) is 4.90 Å². The zero-order chi connectivity index (χ0) is 9.69. The molecule has 2 fully saturated rings. The van der Waals surface area contributed by atoms with Crippen molar-refractivity contribution >= 4 is 5.91 Å². The summed E-state index contributed by atoms with van der Waals surface area (Å²) in [6.07, 6.45) is -2.65. The maximum Gasteiger partial charge on any atom is 0.403 e. The van der Waals surface area contributed by atoms with Crippen molar-refractivity contribution in [1.29, 1.82) is 0 Å². The highest BCUT2D eigenvalue weighted by Crippen LogP contribution is 2.58. The Labute approximate surface area is 73.7 Å². The van der Waals surface area contributed by atoms with Gasteiger partial charge in [0.1, 0.15) is 5.41 Å². The quantitative estimate of drug-likeness (QED) is 0.614. The molecule has 0 unspecified atom stereocenters. The smallest absolute Gasteiger partial charge is 0.341 e. The number of carbonyl (C=O) groups is 1. The Morgan fingerprint density at radius 2 is 1.85 bits per heavy atom. The van der Waals surface area contributed by atoms with E-state index in [2.05, 4.69) is 0 Å². The fourth-order valence-electron chi connectivity index (χ4n) is 1.47. The van der Waals surface area contributed by atoms with Crippen LogP contribution in [0.1, 0.15) is 12.8 Å². The average Bonchev–Trinajstić information content (AvgIpc) is 2.57. The lowest BCUT2D eigenvalue weighted by Gasteiger charge is -2.34. The molecule has 1 heterocycles. The molecule has 0 aromatic heterocycles. The van der Waals surface area contributed by atoms with Gasteiger partial charge in [-0.1, -0.05) is 0 Å². The normalized spacial score (nSPS) is 25.3. The minimum atomic E-state index is -4.36. The van der Waals surface area contributed by atoms with Crippen molar-refractivity contribution in [3.63, 3.8) is 0 Å². The molecule has 2 aliphatic rings. The van der Waals surface area contributed by atoms with Crippen molar-refractivity contribution < 1.29 is 18.0 Å². The molecule has 1 aliphatic heterocycles. The van der Waals surface area contributed by atoms with Crippen molar-refractivity contribution in [2.45, 2.75) is 19.0 Å². The van der Waals surface area contributed by atoms with Crippen LogP contribution in [0.25, 0.3) is 0 Å². The minimum absolute atomic E-state index is 0.0359. The number of rotatable bonds is 1. The molecular weight excluding hydrogens is 183 g/mol. The van der Waals surface area contributed by atoms with Gasteiger partial charge in [-0.15, -0.1) is 0 Å². The molecule has 0 bridgehead atoms. The van der Waals surface area contributed by atoms with Crippen LogP contribution in [0.5, 0.6) is 0 Å². The summed E-state index contributed by atoms with van der Waals surface area (Å²) in [7, 11) is 0. The van der Waals surface area contributed by atoms with E-state index in [0.717, 1.165) is 0 Å². The maximum absolute atomic E-state index is 12.4. The van der Waals surface area contributed by atoms with Gasteiger partial charge in [-0.3, -0.25) is 4.79 Å². The third kappa shape index (κ3) is 1.13. The van der Waals surface area contributed by atoms with Crippen molar-refractivity contribution in [2.24, 2.45) is 5.41 Å². The van der Waals surface area contributed by atoms with E-state index in [0.29, 0.717) is 13.1 Å². The van der Waals surface area contributed by atoms with Crippen LogP contribution in [0.15, 0.2) is 0 Å². The molecule has 0 aromatic rings. The zero-order valence-electron chi connectivity index (χ0n) is 6.90. The summed E-state index contributed by atoms with van der Waals surface area (Å²) in [5.74, 6) is -0.734. The Balaban J connectivity index is 2.10. The van der Waals surface area contributed by atoms with E-state index in [1.54, 1.807) is 6.42 Å². The number of hydrogen-bond acceptors (Lipinski definition) is 1. The molecule has 0 N–H and O–H groups in total. The summed E-state index contributed by atoms with van der Waals surface area (Å²) < 4.78 is 37.2. The first-order chi connectivity index (χ1) is 5.97. The molecule has 0 spiro atoms. The molecule has 1 aliphatic carbocycles. The Morgan fingerprint density at radius 1 is 1.31 bits per heavy atom. The molecule has 1 saturated carbocycles. The van der Waals surface area contributed by atoms with Crippen LogP contribution in [0.3, 0.4) is 0 Å². The van der Waals surface area contributed by atoms with Crippen LogP contribution in [0.4, 0.5) is 13.2 Å². The van der Waals surface area contributed by atoms with Crippen LogP contribution in [-0.2, 0) is 4.79 Å². The third-order valence-corrected chi connectivity index (χ3v) is 2.69. The number of nitrogens with zero attached hydrogens (tertiary/aromatic N) is 1. The number of amides is 1. The minimum Gasteiger partial charge on any atom is -0.341 e. The molecule has 0 atom stereocenters. The molecule has 5 heteroatoms. The number of likely N-dealkylation sites (tertiary alicyclic amines) is 1. The molecule has 0 aromatic carbocycles. The summed E-state index contributed by atoms with van der Waals surface area (Å²) in [5, 5.41) is 0. The first kappa shape index (κ1) is 8.84. The molecule has 13 heavy (non-hydrogen) atoms. The topological polar surface area (TPSA) is 20.3 Å². The lowest BCUT2D eigenvalue weighted by molar-refractivity contribution is -0.199. The Kier molecular flexibility index (Phi) is 1.63. The molecule has 2 nitrogen and oxygen atoms in total. The van der Waals surface area contributed by atoms with Crippen molar-refractivity contribution in [1.82, 2.24) is 4.90 Å². The Bertz CT molecular complexity index is 240. The predicted octanol–water partition coefficient (Wildman–Crippen LogP) is 1.38. The number of carbonyl (C=O) groups excluding carboxylic acids is 1. The van der Waals surface area contributed by atoms with Crippen LogP contribution in [0, 0.1) is 11.8 Å². The first-order valence-electron chi connectivity index (χ1n) is 4.15. The second-order valence-corrected chi connectivity index (χ2v) is 3.58. The van der Waals surface area contributed by atoms with Gasteiger partial charge in [-0.2, -0.15) is 13.2 Å². The van der Waals surface area contributed by atoms with Gasteiger partial charge in [-0.25, -0.2) is 0 Å². The van der Waals surface area contributed by atoms with Gasteiger partial charge < -0.3 is 4.90 Å². The maximum atomic E-state index is 12.4. The zero-order valence-corrected chi connectivity index (χ0v) is 6.90. The molecule has 1 amide bonds. The monoisotopic (exact) mass is 192 g/mol. The fourth-order valence-corrected chi connectivity index (χ4v) is 1.47. The molecular formula is C8H9F3NO. The number of alkyl halides is 3. The molecule has 1 saturated heterocycles. The highest BCUT2D eigenvalue weighted by Gasteiger charge is 2.69. The van der Waals surface area contributed by atoms with Crippen molar-refractivity contribution in [2.75, 3.05) is 13.1 Å². The second kappa shape index (κ2) is 2.39. The van der Waals surface area contributed by atoms with Gasteiger partial charge in [-0.05, 0) is 12.8 Å². The number of halogens is 3. The van der Waals surface area contributed by atoms with Crippen molar-refractivity contribution in [3.8, 4) is 0 Å². The van der Waals surface area contributed by atoms with E-state index in [9.17, 15) is 18.0 Å². The lowest BCUT2D eigenvalue weighted by atomic mass is 10.0. The SMILES string of the molecule is O=C(N1C[CH]C1)C1(C(F)(F)F)CC1. The summed E-state index contributed by atoms with van der Waals surface area (Å²) in [6, 6.07) is 0. The Morgan fingerprint density at radius 3 is 2.08 bits per heavy atom. The summed E-state index contributed by atoms with van der Waals surface area (Å²) >= 11 is 0. The van der Waals surface area contributed by atoms with Gasteiger partial charge in [0.05, 0.1) is 0 Å². The molecule has 73 valence electrons. The first-order valence-corrected chi connectivity index (χ1v) is 4.15. The largest absolute Gasteiger partial charge is 0.403 e. The second-order valence-electron chi connectivity index (χ2n) is 3.58. The van der Waals surface area contributed by atoms with Crippen LogP contribution >= 0.6 is 0 Å². The van der Waals surface area contributed by atoms with Gasteiger partial charge in [0.2, 0.25) is 5.91 Å². The van der Waals surface area contributed by atoms with E-state index >= 15 is 0 Å². The van der Waals surface area contributed by atoms with E-state index in [-0.39, 0.29) is 12.8 Å². The number of hydrogen-bond donors (Lipinski definition) is 0. The molecule has 2 rings (SSSR count). The van der Waals surface area contributed by atoms with E-state index < -0.39 is 17.5 Å². The van der Waals surface area contributed by atoms with Gasteiger partial charge >= 0.3 is 6.18 Å². The third-order valence-electron chi connectivity index (χ3n) is 2.69. The highest BCUT2D eigenvalue weighted by molar-refractivity contribution is 5.87. The van der Waals surface area contributed by atoms with Crippen LogP contribution < -0.4 is 0 Å². The van der Waals surface area contributed by atoms with Gasteiger partial charge in [0.25, 0.3) is 0 Å². The lowest BCUT2D eigenvalue weighted by Crippen LogP contribution is -2.50. The predicted molar refractivity (Wildman–Crippen MR) is 38.6 cm³/mol. The van der Waals surface area contributed by atoms with Crippen molar-refractivity contribution in [3.05, 3.63) is 6.42 Å². The standard InChI is InChI=1S/C8H9F3NO/c9-8(10,11)7(2-3-7)6(13)12-4-1-5-12/h1H,2-5H2. The average molecular weight is 192 g/mol. The highest BCUT2D eigenvalue weighted by atomic mass is 19.4. The van der Waals surface area contributed by atoms with E-state index in [1.807, 2.05) is 0 Å². The summed E-state index contributed by atoms with van der Waals surface area (Å²) in [4.78, 5) is 12.6. The fraction of sp³-hybridized carbons (Fsp3) is 0.750. The summed E-state index contributed by atoms with van der Waals surface area (Å²) in [5.41, 5.74) is -2.01. The van der Waals surface area contributed by atoms with Crippen LogP contribution in [-0.4, -0.2) is 30.1 Å². The summed E-state index contributed by atoms with van der Waals surface area (Å²) in [6.45, 7) is 0.743. The van der Waals surface area contributed by atoms with Gasteiger partial charge in [0, 0.05) is 19.5 Å². The van der Waals surface area contributed by atoms with Crippen LogP contribution in [0.2, 0.25) is 0 Å². The van der Waals surface area contributed by atoms with E-state index in [4.69, 9.17) is 0 Å². The molecule has 1 radical (unpaired) electrons.